The minimum absolute atomic E-state index is 0.0712. The highest BCUT2D eigenvalue weighted by Crippen LogP contribution is 2.40. The van der Waals surface area contributed by atoms with E-state index in [9.17, 15) is 14.7 Å². The number of methoxy groups -OCH3 is 1. The number of amides is 1. The summed E-state index contributed by atoms with van der Waals surface area (Å²) in [6.45, 7) is 4.32. The Morgan fingerprint density at radius 3 is 2.55 bits per heavy atom. The molecule has 1 amide bonds. The first kappa shape index (κ1) is 23.3. The molecule has 1 N–H and O–H groups in total. The number of Topliss-reactive ketones (excluding diaryl/α,β-unsaturated/α-hetero) is 1. The quantitative estimate of drug-likeness (QED) is 0.379. The van der Waals surface area contributed by atoms with Gasteiger partial charge in [0.2, 0.25) is 0 Å². The summed E-state index contributed by atoms with van der Waals surface area (Å²) in [7, 11) is 1.53. The number of nitrogens with zero attached hydrogens (tertiary/aromatic N) is 2. The molecule has 0 aromatic heterocycles. The Kier molecular flexibility index (Phi) is 7.33. The van der Waals surface area contributed by atoms with Crippen molar-refractivity contribution in [1.29, 1.82) is 0 Å². The van der Waals surface area contributed by atoms with E-state index in [2.05, 4.69) is 4.90 Å². The summed E-state index contributed by atoms with van der Waals surface area (Å²) >= 11 is 6.07. The molecule has 0 bridgehead atoms. The lowest BCUT2D eigenvalue weighted by atomic mass is 9.95. The van der Waals surface area contributed by atoms with Gasteiger partial charge in [0.25, 0.3) is 11.7 Å². The fourth-order valence-corrected chi connectivity index (χ4v) is 4.44. The topological polar surface area (TPSA) is 79.3 Å². The molecule has 2 heterocycles. The summed E-state index contributed by atoms with van der Waals surface area (Å²) in [4.78, 5) is 30.0. The highest BCUT2D eigenvalue weighted by atomic mass is 35.5. The minimum atomic E-state index is -0.696. The smallest absolute Gasteiger partial charge is 0.295 e. The van der Waals surface area contributed by atoms with Crippen LogP contribution in [-0.2, 0) is 14.3 Å². The summed E-state index contributed by atoms with van der Waals surface area (Å²) in [6, 6.07) is 13.1. The molecule has 2 aliphatic rings. The van der Waals surface area contributed by atoms with Gasteiger partial charge in [0.15, 0.2) is 0 Å². The van der Waals surface area contributed by atoms with Gasteiger partial charge in [0.05, 0.1) is 31.9 Å². The fraction of sp³-hybridized carbons (Fsp3) is 0.360. The van der Waals surface area contributed by atoms with Crippen molar-refractivity contribution < 1.29 is 24.2 Å². The second-order valence-electron chi connectivity index (χ2n) is 8.08. The SMILES string of the molecule is COc1cccc(C(O)=C2C(=O)C(=O)N(CCCN3CCOCC3)[C@H]2c2ccc(Cl)cc2)c1. The first-order valence-electron chi connectivity index (χ1n) is 11.0. The number of hydrogen-bond acceptors (Lipinski definition) is 6. The number of halogens is 1. The van der Waals surface area contributed by atoms with Crippen LogP contribution in [0.3, 0.4) is 0 Å². The predicted molar refractivity (Wildman–Crippen MR) is 125 cm³/mol. The van der Waals surface area contributed by atoms with Crippen molar-refractivity contribution in [2.75, 3.05) is 46.5 Å². The first-order chi connectivity index (χ1) is 16.0. The maximum absolute atomic E-state index is 13.1. The minimum Gasteiger partial charge on any atom is -0.507 e. The molecule has 4 rings (SSSR count). The van der Waals surface area contributed by atoms with Gasteiger partial charge < -0.3 is 19.5 Å². The molecular weight excluding hydrogens is 444 g/mol. The highest BCUT2D eigenvalue weighted by molar-refractivity contribution is 6.46. The van der Waals surface area contributed by atoms with E-state index >= 15 is 0 Å². The lowest BCUT2D eigenvalue weighted by Crippen LogP contribution is -2.38. The van der Waals surface area contributed by atoms with Gasteiger partial charge in [-0.3, -0.25) is 14.5 Å². The summed E-state index contributed by atoms with van der Waals surface area (Å²) in [5.41, 5.74) is 1.20. The van der Waals surface area contributed by atoms with Crippen molar-refractivity contribution in [1.82, 2.24) is 9.80 Å². The molecular formula is C25H27ClN2O5. The van der Waals surface area contributed by atoms with E-state index in [0.29, 0.717) is 42.5 Å². The van der Waals surface area contributed by atoms with E-state index in [-0.39, 0.29) is 11.3 Å². The standard InChI is InChI=1S/C25H27ClN2O5/c1-32-20-5-2-4-18(16-20)23(29)21-22(17-6-8-19(26)9-7-17)28(25(31)24(21)30)11-3-10-27-12-14-33-15-13-27/h2,4-9,16,22,29H,3,10-15H2,1H3/t22-/m0/s1. The molecule has 0 unspecified atom stereocenters. The van der Waals surface area contributed by atoms with E-state index in [1.807, 2.05) is 0 Å². The Bertz CT molecular complexity index is 1050. The normalized spacial score (nSPS) is 20.9. The number of rotatable bonds is 7. The zero-order valence-electron chi connectivity index (χ0n) is 18.5. The molecule has 2 saturated heterocycles. The van der Waals surface area contributed by atoms with Crippen LogP contribution in [0.25, 0.3) is 5.76 Å². The molecule has 2 aliphatic heterocycles. The Morgan fingerprint density at radius 2 is 1.85 bits per heavy atom. The number of ketones is 1. The number of carbonyl (C=O) groups is 2. The van der Waals surface area contributed by atoms with Gasteiger partial charge in [-0.2, -0.15) is 0 Å². The second-order valence-corrected chi connectivity index (χ2v) is 8.52. The van der Waals surface area contributed by atoms with Crippen molar-refractivity contribution in [2.24, 2.45) is 0 Å². The number of carbonyl (C=O) groups excluding carboxylic acids is 2. The third kappa shape index (κ3) is 5.05. The molecule has 0 spiro atoms. The van der Waals surface area contributed by atoms with Gasteiger partial charge in [0.1, 0.15) is 11.5 Å². The Balaban J connectivity index is 1.67. The molecule has 174 valence electrons. The van der Waals surface area contributed by atoms with Crippen LogP contribution in [0, 0.1) is 0 Å². The Hall–Kier alpha value is -2.87. The third-order valence-electron chi connectivity index (χ3n) is 6.05. The average Bonchev–Trinajstić information content (AvgIpc) is 3.10. The van der Waals surface area contributed by atoms with Crippen LogP contribution in [0.4, 0.5) is 0 Å². The number of likely N-dealkylation sites (tertiary alicyclic amines) is 1. The molecule has 7 nitrogen and oxygen atoms in total. The molecule has 0 saturated carbocycles. The summed E-state index contributed by atoms with van der Waals surface area (Å²) < 4.78 is 10.6. The Labute approximate surface area is 198 Å². The second kappa shape index (κ2) is 10.4. The van der Waals surface area contributed by atoms with E-state index < -0.39 is 17.7 Å². The molecule has 2 aromatic carbocycles. The van der Waals surface area contributed by atoms with Gasteiger partial charge in [-0.25, -0.2) is 0 Å². The summed E-state index contributed by atoms with van der Waals surface area (Å²) in [5, 5.41) is 11.7. The van der Waals surface area contributed by atoms with E-state index in [0.717, 1.165) is 25.2 Å². The van der Waals surface area contributed by atoms with Gasteiger partial charge in [-0.1, -0.05) is 35.9 Å². The maximum Gasteiger partial charge on any atom is 0.295 e. The number of benzene rings is 2. The van der Waals surface area contributed by atoms with Crippen LogP contribution in [0.2, 0.25) is 5.02 Å². The predicted octanol–water partition coefficient (Wildman–Crippen LogP) is 3.49. The number of ether oxygens (including phenoxy) is 2. The van der Waals surface area contributed by atoms with Crippen molar-refractivity contribution >= 4 is 29.1 Å². The maximum atomic E-state index is 13.1. The number of morpholine rings is 1. The van der Waals surface area contributed by atoms with Crippen LogP contribution >= 0.6 is 11.6 Å². The number of hydrogen-bond donors (Lipinski definition) is 1. The lowest BCUT2D eigenvalue weighted by molar-refractivity contribution is -0.140. The van der Waals surface area contributed by atoms with Crippen LogP contribution in [-0.4, -0.2) is 73.1 Å². The van der Waals surface area contributed by atoms with Gasteiger partial charge >= 0.3 is 0 Å². The summed E-state index contributed by atoms with van der Waals surface area (Å²) in [6.07, 6.45) is 0.705. The molecule has 2 fully saturated rings. The Morgan fingerprint density at radius 1 is 1.12 bits per heavy atom. The van der Waals surface area contributed by atoms with E-state index in [1.165, 1.54) is 7.11 Å². The van der Waals surface area contributed by atoms with Crippen molar-refractivity contribution in [3.63, 3.8) is 0 Å². The van der Waals surface area contributed by atoms with E-state index in [4.69, 9.17) is 21.1 Å². The van der Waals surface area contributed by atoms with Crippen molar-refractivity contribution in [3.05, 3.63) is 70.3 Å². The third-order valence-corrected chi connectivity index (χ3v) is 6.30. The zero-order chi connectivity index (χ0) is 23.4. The van der Waals surface area contributed by atoms with Crippen LogP contribution in [0.1, 0.15) is 23.6 Å². The first-order valence-corrected chi connectivity index (χ1v) is 11.4. The number of aliphatic hydroxyl groups excluding tert-OH is 1. The molecule has 33 heavy (non-hydrogen) atoms. The zero-order valence-corrected chi connectivity index (χ0v) is 19.3. The van der Waals surface area contributed by atoms with E-state index in [1.54, 1.807) is 53.4 Å². The van der Waals surface area contributed by atoms with Crippen molar-refractivity contribution in [2.45, 2.75) is 12.5 Å². The van der Waals surface area contributed by atoms with Crippen LogP contribution in [0.5, 0.6) is 5.75 Å². The van der Waals surface area contributed by atoms with Crippen LogP contribution < -0.4 is 4.74 Å². The average molecular weight is 471 g/mol. The molecule has 2 aromatic rings. The van der Waals surface area contributed by atoms with Gasteiger partial charge in [0, 0.05) is 36.8 Å². The molecule has 0 radical (unpaired) electrons. The number of aliphatic hydroxyl groups is 1. The lowest BCUT2D eigenvalue weighted by Gasteiger charge is -2.29. The van der Waals surface area contributed by atoms with Crippen molar-refractivity contribution in [3.8, 4) is 5.75 Å². The monoisotopic (exact) mass is 470 g/mol. The molecule has 1 atom stereocenters. The highest BCUT2D eigenvalue weighted by Gasteiger charge is 2.45. The molecule has 8 heteroatoms. The largest absolute Gasteiger partial charge is 0.507 e. The van der Waals surface area contributed by atoms with Gasteiger partial charge in [-0.05, 0) is 36.2 Å². The molecule has 0 aliphatic carbocycles. The van der Waals surface area contributed by atoms with Gasteiger partial charge in [-0.15, -0.1) is 0 Å². The summed E-state index contributed by atoms with van der Waals surface area (Å²) in [5.74, 6) is -0.979. The fourth-order valence-electron chi connectivity index (χ4n) is 4.32. The van der Waals surface area contributed by atoms with Crippen LogP contribution in [0.15, 0.2) is 54.1 Å².